The molecular formula is C23H23NO5S. The lowest BCUT2D eigenvalue weighted by Gasteiger charge is -2.19. The number of benzene rings is 2. The van der Waals surface area contributed by atoms with Gasteiger partial charge in [0.1, 0.15) is 13.2 Å². The van der Waals surface area contributed by atoms with Crippen LogP contribution in [-0.2, 0) is 11.1 Å². The molecule has 7 heteroatoms. The number of nitrogens with one attached hydrogen (secondary N) is 1. The molecule has 0 bridgehead atoms. The standard InChI is InChI=1S/C23H23NO5S/c1-30(26)29-21-14-17(7-6-16-4-2-3-5-16)8-10-19(21)23(25)24-18-9-11-20-22(15-18)28-13-12-27-20/h8-11,14-16H,2-5,12-13H2,1H3,(H,24,25). The first-order chi connectivity index (χ1) is 14.6. The molecule has 1 aliphatic heterocycles. The van der Waals surface area contributed by atoms with E-state index in [1.807, 2.05) is 0 Å². The number of carbonyl (C=O) groups is 1. The highest BCUT2D eigenvalue weighted by atomic mass is 32.2. The molecule has 1 atom stereocenters. The fraction of sp³-hybridized carbons (Fsp3) is 0.348. The van der Waals surface area contributed by atoms with E-state index >= 15 is 0 Å². The summed E-state index contributed by atoms with van der Waals surface area (Å²) in [6.45, 7) is 0.970. The van der Waals surface area contributed by atoms with Gasteiger partial charge in [-0.25, -0.2) is 4.21 Å². The summed E-state index contributed by atoms with van der Waals surface area (Å²) in [5, 5.41) is 2.83. The minimum Gasteiger partial charge on any atom is -0.486 e. The summed E-state index contributed by atoms with van der Waals surface area (Å²) in [5.74, 6) is 7.97. The summed E-state index contributed by atoms with van der Waals surface area (Å²) in [6.07, 6.45) is 6.12. The number of carbonyl (C=O) groups excluding carboxylic acids is 1. The third-order valence-corrected chi connectivity index (χ3v) is 5.42. The summed E-state index contributed by atoms with van der Waals surface area (Å²) in [5.41, 5.74) is 1.59. The van der Waals surface area contributed by atoms with Crippen LogP contribution in [0.1, 0.15) is 41.6 Å². The Hall–Kier alpha value is -2.98. The van der Waals surface area contributed by atoms with Gasteiger partial charge in [0.05, 0.1) is 5.56 Å². The smallest absolute Gasteiger partial charge is 0.259 e. The van der Waals surface area contributed by atoms with Crippen LogP contribution in [0.4, 0.5) is 5.69 Å². The van der Waals surface area contributed by atoms with E-state index in [4.69, 9.17) is 13.7 Å². The molecule has 2 aromatic rings. The zero-order chi connectivity index (χ0) is 20.9. The third-order valence-electron chi connectivity index (χ3n) is 5.01. The Morgan fingerprint density at radius 1 is 1.10 bits per heavy atom. The molecule has 1 unspecified atom stereocenters. The van der Waals surface area contributed by atoms with E-state index in [1.165, 1.54) is 19.1 Å². The minimum atomic E-state index is -1.57. The van der Waals surface area contributed by atoms with Crippen molar-refractivity contribution in [2.24, 2.45) is 5.92 Å². The van der Waals surface area contributed by atoms with Crippen molar-refractivity contribution in [3.05, 3.63) is 47.5 Å². The van der Waals surface area contributed by atoms with Gasteiger partial charge >= 0.3 is 0 Å². The zero-order valence-electron chi connectivity index (χ0n) is 16.7. The van der Waals surface area contributed by atoms with Gasteiger partial charge in [0.15, 0.2) is 17.2 Å². The molecule has 6 nitrogen and oxygen atoms in total. The molecule has 0 radical (unpaired) electrons. The second-order valence-electron chi connectivity index (χ2n) is 7.26. The van der Waals surface area contributed by atoms with Gasteiger partial charge in [-0.3, -0.25) is 4.79 Å². The lowest BCUT2D eigenvalue weighted by atomic mass is 10.1. The van der Waals surface area contributed by atoms with E-state index in [-0.39, 0.29) is 17.2 Å². The second-order valence-corrected chi connectivity index (χ2v) is 8.23. The number of hydrogen-bond donors (Lipinski definition) is 1. The molecule has 30 heavy (non-hydrogen) atoms. The maximum Gasteiger partial charge on any atom is 0.259 e. The lowest BCUT2D eigenvalue weighted by Crippen LogP contribution is -2.17. The topological polar surface area (TPSA) is 73.9 Å². The highest BCUT2D eigenvalue weighted by Gasteiger charge is 2.18. The number of hydrogen-bond acceptors (Lipinski definition) is 5. The molecule has 156 valence electrons. The van der Waals surface area contributed by atoms with Crippen LogP contribution in [-0.4, -0.2) is 29.6 Å². The first-order valence-electron chi connectivity index (χ1n) is 9.97. The Balaban J connectivity index is 1.55. The van der Waals surface area contributed by atoms with Crippen LogP contribution in [0.3, 0.4) is 0 Å². The molecule has 0 saturated heterocycles. The van der Waals surface area contributed by atoms with Gasteiger partial charge in [-0.05, 0) is 43.2 Å². The molecular weight excluding hydrogens is 402 g/mol. The average molecular weight is 426 g/mol. The SMILES string of the molecule is CS(=O)Oc1cc(C#CC2CCCC2)ccc1C(=O)Nc1ccc2c(c1)OCCO2. The normalized spacial score (nSPS) is 16.3. The number of anilines is 1. The van der Waals surface area contributed by atoms with Gasteiger partial charge in [0.25, 0.3) is 5.91 Å². The Bertz CT molecular complexity index is 1030. The van der Waals surface area contributed by atoms with Gasteiger partial charge in [0.2, 0.25) is 11.1 Å². The van der Waals surface area contributed by atoms with E-state index in [9.17, 15) is 9.00 Å². The summed E-state index contributed by atoms with van der Waals surface area (Å²) in [7, 11) is 0. The molecule has 1 N–H and O–H groups in total. The molecule has 0 aromatic heterocycles. The number of ether oxygens (including phenoxy) is 2. The molecule has 2 aromatic carbocycles. The Morgan fingerprint density at radius 2 is 1.87 bits per heavy atom. The average Bonchev–Trinajstić information content (AvgIpc) is 3.25. The lowest BCUT2D eigenvalue weighted by molar-refractivity contribution is 0.102. The monoisotopic (exact) mass is 425 g/mol. The summed E-state index contributed by atoms with van der Waals surface area (Å²) in [4.78, 5) is 12.9. The van der Waals surface area contributed by atoms with Crippen molar-refractivity contribution in [3.63, 3.8) is 0 Å². The van der Waals surface area contributed by atoms with Crippen molar-refractivity contribution in [2.45, 2.75) is 25.7 Å². The first kappa shape index (κ1) is 20.3. The predicted octanol–water partition coefficient (Wildman–Crippen LogP) is 3.92. The van der Waals surface area contributed by atoms with E-state index in [0.717, 1.165) is 18.4 Å². The van der Waals surface area contributed by atoms with Crippen LogP contribution in [0, 0.1) is 17.8 Å². The maximum atomic E-state index is 12.9. The second kappa shape index (κ2) is 9.23. The van der Waals surface area contributed by atoms with Crippen molar-refractivity contribution in [3.8, 4) is 29.1 Å². The number of rotatable bonds is 4. The van der Waals surface area contributed by atoms with Crippen molar-refractivity contribution < 1.29 is 22.7 Å². The molecule has 2 aliphatic rings. The molecule has 0 spiro atoms. The number of fused-ring (bicyclic) bond motifs is 1. The minimum absolute atomic E-state index is 0.240. The van der Waals surface area contributed by atoms with Gasteiger partial charge < -0.3 is 19.0 Å². The number of amides is 1. The quantitative estimate of drug-likeness (QED) is 0.752. The zero-order valence-corrected chi connectivity index (χ0v) is 17.6. The largest absolute Gasteiger partial charge is 0.486 e. The van der Waals surface area contributed by atoms with E-state index < -0.39 is 11.1 Å². The fourth-order valence-electron chi connectivity index (χ4n) is 3.56. The molecule has 1 amide bonds. The molecule has 4 rings (SSSR count). The van der Waals surface area contributed by atoms with Crippen molar-refractivity contribution in [1.29, 1.82) is 0 Å². The summed E-state index contributed by atoms with van der Waals surface area (Å²) in [6, 6.07) is 10.3. The highest BCUT2D eigenvalue weighted by molar-refractivity contribution is 7.79. The van der Waals surface area contributed by atoms with Gasteiger partial charge in [-0.15, -0.1) is 0 Å². The highest BCUT2D eigenvalue weighted by Crippen LogP contribution is 2.33. The van der Waals surface area contributed by atoms with Crippen molar-refractivity contribution >= 4 is 22.7 Å². The molecule has 1 heterocycles. The van der Waals surface area contributed by atoms with Gasteiger partial charge in [-0.2, -0.15) is 0 Å². The summed E-state index contributed by atoms with van der Waals surface area (Å²) < 4.78 is 28.1. The van der Waals surface area contributed by atoms with Gasteiger partial charge in [0, 0.05) is 29.5 Å². The first-order valence-corrected chi connectivity index (χ1v) is 11.4. The van der Waals surface area contributed by atoms with Crippen LogP contribution in [0.25, 0.3) is 0 Å². The fourth-order valence-corrected chi connectivity index (χ4v) is 3.95. The van der Waals surface area contributed by atoms with E-state index in [1.54, 1.807) is 36.4 Å². The van der Waals surface area contributed by atoms with Crippen LogP contribution < -0.4 is 19.0 Å². The molecule has 1 fully saturated rings. The Morgan fingerprint density at radius 3 is 2.63 bits per heavy atom. The summed E-state index contributed by atoms with van der Waals surface area (Å²) >= 11 is -1.57. The predicted molar refractivity (Wildman–Crippen MR) is 115 cm³/mol. The third kappa shape index (κ3) is 4.95. The van der Waals surface area contributed by atoms with Crippen LogP contribution in [0.2, 0.25) is 0 Å². The van der Waals surface area contributed by atoms with Gasteiger partial charge in [-0.1, -0.05) is 24.7 Å². The maximum absolute atomic E-state index is 12.9. The van der Waals surface area contributed by atoms with Crippen LogP contribution in [0.5, 0.6) is 17.2 Å². The van der Waals surface area contributed by atoms with E-state index in [0.29, 0.717) is 36.3 Å². The van der Waals surface area contributed by atoms with Crippen molar-refractivity contribution in [1.82, 2.24) is 0 Å². The van der Waals surface area contributed by atoms with E-state index in [2.05, 4.69) is 17.2 Å². The molecule has 1 saturated carbocycles. The Labute approximate surface area is 178 Å². The van der Waals surface area contributed by atoms with Crippen molar-refractivity contribution in [2.75, 3.05) is 24.8 Å². The van der Waals surface area contributed by atoms with Crippen LogP contribution in [0.15, 0.2) is 36.4 Å². The Kier molecular flexibility index (Phi) is 6.24. The molecule has 1 aliphatic carbocycles. The van der Waals surface area contributed by atoms with Crippen LogP contribution >= 0.6 is 0 Å².